The smallest absolute Gasteiger partial charge is 0.314 e. The molecule has 1 aromatic heterocycles. The van der Waals surface area contributed by atoms with E-state index in [4.69, 9.17) is 0 Å². The van der Waals surface area contributed by atoms with E-state index in [0.717, 1.165) is 23.5 Å². The third-order valence-corrected chi connectivity index (χ3v) is 2.78. The first kappa shape index (κ1) is 14.1. The van der Waals surface area contributed by atoms with E-state index in [0.29, 0.717) is 6.54 Å². The second-order valence-electron chi connectivity index (χ2n) is 4.93. The van der Waals surface area contributed by atoms with E-state index in [1.54, 1.807) is 0 Å². The van der Waals surface area contributed by atoms with Crippen LogP contribution in [-0.4, -0.2) is 28.6 Å². The van der Waals surface area contributed by atoms with Crippen molar-refractivity contribution < 1.29 is 4.79 Å². The molecule has 5 heteroatoms. The lowest BCUT2D eigenvalue weighted by Gasteiger charge is -2.09. The average molecular weight is 272 g/mol. The van der Waals surface area contributed by atoms with Crippen molar-refractivity contribution in [2.24, 2.45) is 0 Å². The molecule has 20 heavy (non-hydrogen) atoms. The van der Waals surface area contributed by atoms with Gasteiger partial charge in [0.25, 0.3) is 0 Å². The molecule has 3 N–H and O–H groups in total. The Morgan fingerprint density at radius 3 is 2.75 bits per heavy atom. The van der Waals surface area contributed by atoms with Crippen molar-refractivity contribution >= 4 is 6.03 Å². The third kappa shape index (κ3) is 4.12. The summed E-state index contributed by atoms with van der Waals surface area (Å²) in [5.74, 6) is 0.854. The van der Waals surface area contributed by atoms with Crippen LogP contribution in [0.15, 0.2) is 36.5 Å². The van der Waals surface area contributed by atoms with Gasteiger partial charge < -0.3 is 15.6 Å². The zero-order valence-electron chi connectivity index (χ0n) is 11.8. The Morgan fingerprint density at radius 2 is 2.05 bits per heavy atom. The summed E-state index contributed by atoms with van der Waals surface area (Å²) in [6.45, 7) is 4.44. The summed E-state index contributed by atoms with van der Waals surface area (Å²) in [7, 11) is 0. The van der Waals surface area contributed by atoms with E-state index in [1.165, 1.54) is 0 Å². The van der Waals surface area contributed by atoms with Crippen molar-refractivity contribution in [1.82, 2.24) is 20.6 Å². The van der Waals surface area contributed by atoms with Crippen LogP contribution in [-0.2, 0) is 6.42 Å². The average Bonchev–Trinajstić information content (AvgIpc) is 2.88. The highest BCUT2D eigenvalue weighted by Crippen LogP contribution is 2.14. The molecule has 0 aliphatic rings. The molecule has 106 valence electrons. The fourth-order valence-corrected chi connectivity index (χ4v) is 1.85. The summed E-state index contributed by atoms with van der Waals surface area (Å²) < 4.78 is 0. The van der Waals surface area contributed by atoms with Gasteiger partial charge in [-0.05, 0) is 13.8 Å². The van der Waals surface area contributed by atoms with Crippen molar-refractivity contribution in [3.63, 3.8) is 0 Å². The van der Waals surface area contributed by atoms with Crippen LogP contribution < -0.4 is 10.6 Å². The van der Waals surface area contributed by atoms with E-state index < -0.39 is 0 Å². The number of aromatic amines is 1. The summed E-state index contributed by atoms with van der Waals surface area (Å²) >= 11 is 0. The fourth-order valence-electron chi connectivity index (χ4n) is 1.85. The van der Waals surface area contributed by atoms with Gasteiger partial charge in [-0.2, -0.15) is 0 Å². The molecule has 0 aliphatic heterocycles. The van der Waals surface area contributed by atoms with Crippen molar-refractivity contribution in [3.8, 4) is 11.4 Å². The van der Waals surface area contributed by atoms with Gasteiger partial charge in [0.1, 0.15) is 5.82 Å². The summed E-state index contributed by atoms with van der Waals surface area (Å²) in [6.07, 6.45) is 2.54. The molecule has 0 saturated carbocycles. The van der Waals surface area contributed by atoms with Crippen molar-refractivity contribution in [2.45, 2.75) is 26.3 Å². The lowest BCUT2D eigenvalue weighted by Crippen LogP contribution is -2.40. The molecule has 0 spiro atoms. The predicted molar refractivity (Wildman–Crippen MR) is 79.4 cm³/mol. The van der Waals surface area contributed by atoms with E-state index in [1.807, 2.05) is 50.4 Å². The highest BCUT2D eigenvalue weighted by Gasteiger charge is 2.04. The maximum absolute atomic E-state index is 11.4. The Bertz CT molecular complexity index is 548. The Kier molecular flexibility index (Phi) is 4.76. The number of rotatable bonds is 5. The summed E-state index contributed by atoms with van der Waals surface area (Å²) in [6, 6.07) is 9.97. The molecule has 2 amide bonds. The molecule has 2 aromatic rings. The first-order valence-electron chi connectivity index (χ1n) is 6.79. The van der Waals surface area contributed by atoms with Crippen molar-refractivity contribution in [1.29, 1.82) is 0 Å². The first-order valence-corrected chi connectivity index (χ1v) is 6.79. The zero-order valence-corrected chi connectivity index (χ0v) is 11.8. The minimum Gasteiger partial charge on any atom is -0.342 e. The number of carbonyl (C=O) groups is 1. The quantitative estimate of drug-likeness (QED) is 0.782. The lowest BCUT2D eigenvalue weighted by atomic mass is 10.2. The molecule has 0 fully saturated rings. The van der Waals surface area contributed by atoms with Crippen LogP contribution >= 0.6 is 0 Å². The van der Waals surface area contributed by atoms with Gasteiger partial charge in [-0.15, -0.1) is 0 Å². The van der Waals surface area contributed by atoms with Crippen LogP contribution in [0.25, 0.3) is 11.4 Å². The minimum atomic E-state index is -0.136. The molecule has 1 heterocycles. The number of carbonyl (C=O) groups excluding carboxylic acids is 1. The van der Waals surface area contributed by atoms with Gasteiger partial charge in [0.2, 0.25) is 0 Å². The van der Waals surface area contributed by atoms with Crippen molar-refractivity contribution in [2.75, 3.05) is 6.54 Å². The molecule has 0 aliphatic carbocycles. The molecule has 0 atom stereocenters. The van der Waals surface area contributed by atoms with Crippen LogP contribution in [0.4, 0.5) is 4.79 Å². The first-order chi connectivity index (χ1) is 9.65. The largest absolute Gasteiger partial charge is 0.342 e. The Labute approximate surface area is 118 Å². The summed E-state index contributed by atoms with van der Waals surface area (Å²) in [5.41, 5.74) is 2.07. The number of nitrogens with one attached hydrogen (secondary N) is 3. The molecule has 0 saturated heterocycles. The number of hydrogen-bond donors (Lipinski definition) is 3. The van der Waals surface area contributed by atoms with Crippen LogP contribution in [0, 0.1) is 0 Å². The molecule has 1 aromatic carbocycles. The number of hydrogen-bond acceptors (Lipinski definition) is 2. The van der Waals surface area contributed by atoms with E-state index in [2.05, 4.69) is 20.6 Å². The highest BCUT2D eigenvalue weighted by atomic mass is 16.2. The maximum Gasteiger partial charge on any atom is 0.314 e. The predicted octanol–water partition coefficient (Wildman–Crippen LogP) is 2.33. The van der Waals surface area contributed by atoms with E-state index >= 15 is 0 Å². The van der Waals surface area contributed by atoms with Crippen LogP contribution in [0.3, 0.4) is 0 Å². The molecular formula is C15H20N4O. The van der Waals surface area contributed by atoms with E-state index in [9.17, 15) is 4.79 Å². The topological polar surface area (TPSA) is 69.8 Å². The van der Waals surface area contributed by atoms with Gasteiger partial charge in [0.15, 0.2) is 0 Å². The van der Waals surface area contributed by atoms with Crippen LogP contribution in [0.1, 0.15) is 19.5 Å². The number of nitrogens with zero attached hydrogens (tertiary/aromatic N) is 1. The van der Waals surface area contributed by atoms with Crippen LogP contribution in [0.5, 0.6) is 0 Å². The van der Waals surface area contributed by atoms with Gasteiger partial charge in [0.05, 0.1) is 0 Å². The molecule has 2 rings (SSSR count). The molecule has 5 nitrogen and oxygen atoms in total. The van der Waals surface area contributed by atoms with E-state index in [-0.39, 0.29) is 12.1 Å². The molecular weight excluding hydrogens is 252 g/mol. The van der Waals surface area contributed by atoms with Gasteiger partial charge >= 0.3 is 6.03 Å². The Hall–Kier alpha value is -2.30. The van der Waals surface area contributed by atoms with Gasteiger partial charge in [-0.1, -0.05) is 30.3 Å². The second-order valence-corrected chi connectivity index (χ2v) is 4.93. The number of amides is 2. The van der Waals surface area contributed by atoms with Crippen LogP contribution in [0.2, 0.25) is 0 Å². The number of H-pyrrole nitrogens is 1. The fraction of sp³-hybridized carbons (Fsp3) is 0.333. The maximum atomic E-state index is 11.4. The monoisotopic (exact) mass is 272 g/mol. The van der Waals surface area contributed by atoms with Gasteiger partial charge in [-0.3, -0.25) is 0 Å². The second kappa shape index (κ2) is 6.75. The standard InChI is InChI=1S/C15H20N4O/c1-11(2)18-15(20)16-9-8-13-10-17-14(19-13)12-6-4-3-5-7-12/h3-7,10-11H,8-9H2,1-2H3,(H,17,19)(H2,16,18,20). The third-order valence-electron chi connectivity index (χ3n) is 2.78. The number of benzene rings is 1. The van der Waals surface area contributed by atoms with Crippen molar-refractivity contribution in [3.05, 3.63) is 42.2 Å². The number of imidazole rings is 1. The molecule has 0 radical (unpaired) electrons. The highest BCUT2D eigenvalue weighted by molar-refractivity contribution is 5.74. The molecule has 0 unspecified atom stereocenters. The lowest BCUT2D eigenvalue weighted by molar-refractivity contribution is 0.238. The summed E-state index contributed by atoms with van der Waals surface area (Å²) in [4.78, 5) is 19.0. The normalized spacial score (nSPS) is 10.6. The Morgan fingerprint density at radius 1 is 1.30 bits per heavy atom. The summed E-state index contributed by atoms with van der Waals surface area (Å²) in [5, 5.41) is 5.60. The van der Waals surface area contributed by atoms with Gasteiger partial charge in [0, 0.05) is 36.5 Å². The zero-order chi connectivity index (χ0) is 14.4. The number of aromatic nitrogens is 2. The molecule has 0 bridgehead atoms. The minimum absolute atomic E-state index is 0.136. The Balaban J connectivity index is 1.83. The SMILES string of the molecule is CC(C)NC(=O)NCCc1cnc(-c2ccccc2)[nH]1. The van der Waals surface area contributed by atoms with Gasteiger partial charge in [-0.25, -0.2) is 9.78 Å². The number of urea groups is 1.